The summed E-state index contributed by atoms with van der Waals surface area (Å²) < 4.78 is 0. The molecule has 78 valence electrons. The van der Waals surface area contributed by atoms with Gasteiger partial charge in [0.2, 0.25) is 6.41 Å². The molecule has 0 heterocycles. The Kier molecular flexibility index (Phi) is 5.92. The molecule has 0 spiro atoms. The minimum atomic E-state index is 0.0889. The Labute approximate surface area is 89.0 Å². The number of nitrogens with two attached hydrogens (primary N) is 2. The first-order chi connectivity index (χ1) is 6.52. The molecule has 0 saturated carbocycles. The lowest BCUT2D eigenvalue weighted by Crippen LogP contribution is -2.04. The van der Waals surface area contributed by atoms with E-state index < -0.39 is 0 Å². The molecule has 1 rings (SSSR count). The summed E-state index contributed by atoms with van der Waals surface area (Å²) >= 11 is 5.84. The van der Waals surface area contributed by atoms with Crippen LogP contribution in [0, 0.1) is 6.92 Å². The highest BCUT2D eigenvalue weighted by Crippen LogP contribution is 2.19. The molecule has 0 aromatic heterocycles. The Morgan fingerprint density at radius 1 is 1.50 bits per heavy atom. The summed E-state index contributed by atoms with van der Waals surface area (Å²) in [6.45, 7) is 3.94. The number of rotatable bonds is 1. The molecule has 0 bridgehead atoms. The quantitative estimate of drug-likeness (QED) is 0.700. The average Bonchev–Trinajstić information content (AvgIpc) is 2.10. The van der Waals surface area contributed by atoms with Gasteiger partial charge in [-0.3, -0.25) is 4.79 Å². The maximum atomic E-state index is 8.58. The average molecular weight is 215 g/mol. The van der Waals surface area contributed by atoms with E-state index in [0.717, 1.165) is 16.1 Å². The maximum Gasteiger partial charge on any atom is 0.204 e. The van der Waals surface area contributed by atoms with Crippen LogP contribution >= 0.6 is 11.6 Å². The number of carbonyl (C=O) groups is 1. The number of aryl methyl sites for hydroxylation is 1. The molecule has 1 unspecified atom stereocenters. The van der Waals surface area contributed by atoms with Gasteiger partial charge in [0.15, 0.2) is 0 Å². The lowest BCUT2D eigenvalue weighted by atomic mass is 10.1. The summed E-state index contributed by atoms with van der Waals surface area (Å²) in [5, 5.41) is 0.800. The van der Waals surface area contributed by atoms with E-state index in [1.807, 2.05) is 32.0 Å². The minimum absolute atomic E-state index is 0.0889. The molecule has 0 radical (unpaired) electrons. The Bertz CT molecular complexity index is 300. The fourth-order valence-electron chi connectivity index (χ4n) is 0.951. The van der Waals surface area contributed by atoms with Crippen molar-refractivity contribution in [3.05, 3.63) is 34.3 Å². The normalized spacial score (nSPS) is 11.1. The molecule has 4 N–H and O–H groups in total. The molecule has 0 saturated heterocycles. The molecule has 1 atom stereocenters. The fraction of sp³-hybridized carbons (Fsp3) is 0.300. The van der Waals surface area contributed by atoms with Gasteiger partial charge in [-0.25, -0.2) is 0 Å². The van der Waals surface area contributed by atoms with Crippen LogP contribution in [0.3, 0.4) is 0 Å². The van der Waals surface area contributed by atoms with Crippen LogP contribution in [0.5, 0.6) is 0 Å². The Hall–Kier alpha value is -1.06. The van der Waals surface area contributed by atoms with Crippen LogP contribution in [-0.4, -0.2) is 6.41 Å². The number of hydrogen-bond acceptors (Lipinski definition) is 2. The second-order valence-electron chi connectivity index (χ2n) is 2.93. The number of hydrogen-bond donors (Lipinski definition) is 2. The van der Waals surface area contributed by atoms with E-state index in [4.69, 9.17) is 22.1 Å². The zero-order valence-corrected chi connectivity index (χ0v) is 9.08. The topological polar surface area (TPSA) is 69.1 Å². The number of primary amides is 1. The van der Waals surface area contributed by atoms with Crippen molar-refractivity contribution >= 4 is 18.0 Å². The molecule has 4 heteroatoms. The fourth-order valence-corrected chi connectivity index (χ4v) is 1.07. The Morgan fingerprint density at radius 2 is 2.00 bits per heavy atom. The van der Waals surface area contributed by atoms with Crippen molar-refractivity contribution in [1.29, 1.82) is 0 Å². The van der Waals surface area contributed by atoms with Gasteiger partial charge < -0.3 is 11.5 Å². The van der Waals surface area contributed by atoms with Gasteiger partial charge in [-0.1, -0.05) is 23.7 Å². The van der Waals surface area contributed by atoms with Crippen molar-refractivity contribution in [3.8, 4) is 0 Å². The highest BCUT2D eigenvalue weighted by molar-refractivity contribution is 6.31. The third-order valence-electron chi connectivity index (χ3n) is 1.71. The van der Waals surface area contributed by atoms with Gasteiger partial charge in [-0.15, -0.1) is 0 Å². The van der Waals surface area contributed by atoms with E-state index in [2.05, 4.69) is 5.73 Å². The van der Waals surface area contributed by atoms with Crippen molar-refractivity contribution in [2.24, 2.45) is 11.5 Å². The van der Waals surface area contributed by atoms with E-state index >= 15 is 0 Å². The molecule has 0 aliphatic carbocycles. The number of amides is 1. The smallest absolute Gasteiger partial charge is 0.204 e. The molecule has 14 heavy (non-hydrogen) atoms. The molecule has 1 aromatic carbocycles. The highest BCUT2D eigenvalue weighted by atomic mass is 35.5. The van der Waals surface area contributed by atoms with Gasteiger partial charge in [-0.05, 0) is 31.0 Å². The summed E-state index contributed by atoms with van der Waals surface area (Å²) in [7, 11) is 0. The molecular weight excluding hydrogens is 200 g/mol. The maximum absolute atomic E-state index is 8.58. The largest absolute Gasteiger partial charge is 0.372 e. The van der Waals surface area contributed by atoms with Gasteiger partial charge in [-0.2, -0.15) is 0 Å². The number of benzene rings is 1. The van der Waals surface area contributed by atoms with Gasteiger partial charge >= 0.3 is 0 Å². The first-order valence-corrected chi connectivity index (χ1v) is 4.57. The van der Waals surface area contributed by atoms with Gasteiger partial charge in [0.25, 0.3) is 0 Å². The predicted molar refractivity (Wildman–Crippen MR) is 59.0 cm³/mol. The molecule has 1 aromatic rings. The molecule has 0 aliphatic heterocycles. The number of halogens is 1. The molecular formula is C10H15ClN2O. The van der Waals surface area contributed by atoms with Crippen LogP contribution < -0.4 is 11.5 Å². The molecule has 0 fully saturated rings. The molecule has 1 amide bonds. The molecule has 3 nitrogen and oxygen atoms in total. The van der Waals surface area contributed by atoms with Crippen LogP contribution in [0.2, 0.25) is 5.02 Å². The van der Waals surface area contributed by atoms with Crippen molar-refractivity contribution in [1.82, 2.24) is 0 Å². The highest BCUT2D eigenvalue weighted by Gasteiger charge is 2.00. The van der Waals surface area contributed by atoms with Crippen molar-refractivity contribution in [2.45, 2.75) is 19.9 Å². The second-order valence-corrected chi connectivity index (χ2v) is 3.34. The van der Waals surface area contributed by atoms with E-state index in [1.165, 1.54) is 0 Å². The summed E-state index contributed by atoms with van der Waals surface area (Å²) in [5.41, 5.74) is 12.1. The lowest BCUT2D eigenvalue weighted by Gasteiger charge is -2.06. The van der Waals surface area contributed by atoms with E-state index in [1.54, 1.807) is 0 Å². The standard InChI is InChI=1S/C9H12ClN.CH3NO/c1-6-5-8(7(2)11)3-4-9(6)10;2-1-3/h3-5,7H,11H2,1-2H3;1H,(H2,2,3). The minimum Gasteiger partial charge on any atom is -0.372 e. The van der Waals surface area contributed by atoms with Crippen molar-refractivity contribution in [2.75, 3.05) is 0 Å². The van der Waals surface area contributed by atoms with E-state index in [9.17, 15) is 0 Å². The zero-order chi connectivity index (χ0) is 11.1. The second kappa shape index (κ2) is 6.40. The Balaban J connectivity index is 0.000000500. The van der Waals surface area contributed by atoms with Gasteiger partial charge in [0.05, 0.1) is 0 Å². The summed E-state index contributed by atoms with van der Waals surface area (Å²) in [4.78, 5) is 8.58. The van der Waals surface area contributed by atoms with Crippen LogP contribution in [0.25, 0.3) is 0 Å². The summed E-state index contributed by atoms with van der Waals surface area (Å²) in [6.07, 6.45) is 0.250. The predicted octanol–water partition coefficient (Wildman–Crippen LogP) is 1.77. The first-order valence-electron chi connectivity index (χ1n) is 4.20. The Morgan fingerprint density at radius 3 is 2.36 bits per heavy atom. The van der Waals surface area contributed by atoms with Crippen LogP contribution in [0.4, 0.5) is 0 Å². The van der Waals surface area contributed by atoms with Crippen molar-refractivity contribution < 1.29 is 4.79 Å². The van der Waals surface area contributed by atoms with Crippen LogP contribution in [0.15, 0.2) is 18.2 Å². The van der Waals surface area contributed by atoms with E-state index in [0.29, 0.717) is 0 Å². The van der Waals surface area contributed by atoms with Gasteiger partial charge in [0.1, 0.15) is 0 Å². The SMILES string of the molecule is Cc1cc(C(C)N)ccc1Cl.NC=O. The van der Waals surface area contributed by atoms with Crippen LogP contribution in [0.1, 0.15) is 24.1 Å². The van der Waals surface area contributed by atoms with Crippen LogP contribution in [-0.2, 0) is 4.79 Å². The molecule has 0 aliphatic rings. The summed E-state index contributed by atoms with van der Waals surface area (Å²) in [6, 6.07) is 5.95. The third-order valence-corrected chi connectivity index (χ3v) is 2.13. The van der Waals surface area contributed by atoms with Gasteiger partial charge in [0, 0.05) is 11.1 Å². The first kappa shape index (κ1) is 12.9. The zero-order valence-electron chi connectivity index (χ0n) is 8.33. The van der Waals surface area contributed by atoms with Crippen molar-refractivity contribution in [3.63, 3.8) is 0 Å². The lowest BCUT2D eigenvalue weighted by molar-refractivity contribution is -0.106. The van der Waals surface area contributed by atoms with E-state index in [-0.39, 0.29) is 12.5 Å². The monoisotopic (exact) mass is 214 g/mol. The summed E-state index contributed by atoms with van der Waals surface area (Å²) in [5.74, 6) is 0. The number of carbonyl (C=O) groups excluding carboxylic acids is 1. The third kappa shape index (κ3) is 4.25.